The third-order valence-corrected chi connectivity index (χ3v) is 2.80. The largest absolute Gasteiger partial charge is 0.477 e. The van der Waals surface area contributed by atoms with Crippen LogP contribution in [0.5, 0.6) is 0 Å². The van der Waals surface area contributed by atoms with Gasteiger partial charge in [-0.1, -0.05) is 0 Å². The van der Waals surface area contributed by atoms with Gasteiger partial charge in [-0.3, -0.25) is 0 Å². The van der Waals surface area contributed by atoms with Gasteiger partial charge in [0.2, 0.25) is 5.90 Å². The van der Waals surface area contributed by atoms with Crippen LogP contribution in [0.25, 0.3) is 0 Å². The first kappa shape index (κ1) is 8.55. The van der Waals surface area contributed by atoms with Crippen LogP contribution in [-0.4, -0.2) is 18.0 Å². The fourth-order valence-corrected chi connectivity index (χ4v) is 1.73. The van der Waals surface area contributed by atoms with Gasteiger partial charge in [-0.15, -0.1) is 0 Å². The van der Waals surface area contributed by atoms with E-state index in [-0.39, 0.29) is 11.0 Å². The van der Waals surface area contributed by atoms with Crippen molar-refractivity contribution in [2.75, 3.05) is 6.61 Å². The molecule has 0 N–H and O–H groups in total. The van der Waals surface area contributed by atoms with Crippen molar-refractivity contribution in [2.45, 2.75) is 38.6 Å². The Bertz CT molecular complexity index is 295. The number of ether oxygens (including phenoxy) is 1. The van der Waals surface area contributed by atoms with Gasteiger partial charge < -0.3 is 4.74 Å². The van der Waals surface area contributed by atoms with E-state index in [2.05, 4.69) is 11.1 Å². The van der Waals surface area contributed by atoms with Crippen molar-refractivity contribution in [1.82, 2.24) is 0 Å². The van der Waals surface area contributed by atoms with E-state index in [1.807, 2.05) is 13.8 Å². The van der Waals surface area contributed by atoms with E-state index in [1.165, 1.54) is 0 Å². The Morgan fingerprint density at radius 2 is 2.15 bits per heavy atom. The lowest BCUT2D eigenvalue weighted by molar-refractivity contribution is 0.215. The molecular formula is C10H14N2O. The summed E-state index contributed by atoms with van der Waals surface area (Å²) in [4.78, 5) is 4.46. The summed E-state index contributed by atoms with van der Waals surface area (Å²) in [7, 11) is 0. The minimum atomic E-state index is -0.367. The summed E-state index contributed by atoms with van der Waals surface area (Å²) in [6, 6.07) is 2.34. The van der Waals surface area contributed by atoms with Crippen LogP contribution in [0, 0.1) is 16.7 Å². The second-order valence-electron chi connectivity index (χ2n) is 4.57. The molecule has 0 radical (unpaired) electrons. The van der Waals surface area contributed by atoms with Crippen LogP contribution in [-0.2, 0) is 4.74 Å². The van der Waals surface area contributed by atoms with E-state index in [1.54, 1.807) is 0 Å². The molecule has 0 unspecified atom stereocenters. The Balaban J connectivity index is 2.23. The first-order valence-corrected chi connectivity index (χ1v) is 4.72. The average molecular weight is 178 g/mol. The molecule has 70 valence electrons. The zero-order chi connectivity index (χ0) is 9.53. The number of aliphatic imine (C=N–C) groups is 1. The smallest absolute Gasteiger partial charge is 0.205 e. The zero-order valence-electron chi connectivity index (χ0n) is 8.13. The Morgan fingerprint density at radius 1 is 1.46 bits per heavy atom. The third-order valence-electron chi connectivity index (χ3n) is 2.80. The third kappa shape index (κ3) is 1.21. The van der Waals surface area contributed by atoms with E-state index in [0.29, 0.717) is 12.5 Å². The standard InChI is InChI=1S/C10H14N2O/c1-9(2)7-13-8(12-9)10(6-11)4-3-5-10/h3-5,7H2,1-2H3. The van der Waals surface area contributed by atoms with E-state index in [4.69, 9.17) is 10.00 Å². The van der Waals surface area contributed by atoms with Crippen LogP contribution < -0.4 is 0 Å². The molecule has 2 rings (SSSR count). The van der Waals surface area contributed by atoms with Crippen molar-refractivity contribution in [3.05, 3.63) is 0 Å². The van der Waals surface area contributed by atoms with Gasteiger partial charge >= 0.3 is 0 Å². The molecule has 1 aliphatic carbocycles. The topological polar surface area (TPSA) is 45.4 Å². The van der Waals surface area contributed by atoms with Crippen LogP contribution in [0.4, 0.5) is 0 Å². The average Bonchev–Trinajstić information content (AvgIpc) is 2.30. The van der Waals surface area contributed by atoms with Crippen molar-refractivity contribution in [3.63, 3.8) is 0 Å². The quantitative estimate of drug-likeness (QED) is 0.615. The molecule has 0 aromatic heterocycles. The summed E-state index contributed by atoms with van der Waals surface area (Å²) in [5.41, 5.74) is -0.497. The van der Waals surface area contributed by atoms with Gasteiger partial charge in [0.1, 0.15) is 12.0 Å². The summed E-state index contributed by atoms with van der Waals surface area (Å²) in [6.45, 7) is 4.68. The highest BCUT2D eigenvalue weighted by atomic mass is 16.5. The van der Waals surface area contributed by atoms with Gasteiger partial charge in [-0.2, -0.15) is 5.26 Å². The van der Waals surface area contributed by atoms with Crippen molar-refractivity contribution in [2.24, 2.45) is 10.4 Å². The molecule has 3 heteroatoms. The zero-order valence-corrected chi connectivity index (χ0v) is 8.13. The molecule has 0 aromatic rings. The molecule has 3 nitrogen and oxygen atoms in total. The molecular weight excluding hydrogens is 164 g/mol. The molecule has 2 aliphatic rings. The van der Waals surface area contributed by atoms with Crippen LogP contribution in [0.1, 0.15) is 33.1 Å². The molecule has 13 heavy (non-hydrogen) atoms. The maximum absolute atomic E-state index is 9.06. The maximum atomic E-state index is 9.06. The summed E-state index contributed by atoms with van der Waals surface area (Å²) < 4.78 is 5.49. The number of rotatable bonds is 1. The minimum Gasteiger partial charge on any atom is -0.477 e. The highest BCUT2D eigenvalue weighted by Gasteiger charge is 2.47. The Hall–Kier alpha value is -1.04. The van der Waals surface area contributed by atoms with E-state index in [9.17, 15) is 0 Å². The fraction of sp³-hybridized carbons (Fsp3) is 0.800. The second kappa shape index (κ2) is 2.47. The maximum Gasteiger partial charge on any atom is 0.205 e. The van der Waals surface area contributed by atoms with E-state index in [0.717, 1.165) is 19.3 Å². The first-order valence-electron chi connectivity index (χ1n) is 4.72. The molecule has 1 fully saturated rings. The summed E-state index contributed by atoms with van der Waals surface area (Å²) >= 11 is 0. The van der Waals surface area contributed by atoms with Crippen molar-refractivity contribution in [3.8, 4) is 6.07 Å². The number of nitriles is 1. The van der Waals surface area contributed by atoms with Gasteiger partial charge in [-0.25, -0.2) is 4.99 Å². The minimum absolute atomic E-state index is 0.130. The fourth-order valence-electron chi connectivity index (χ4n) is 1.73. The van der Waals surface area contributed by atoms with Gasteiger partial charge in [0, 0.05) is 0 Å². The van der Waals surface area contributed by atoms with Crippen LogP contribution in [0.3, 0.4) is 0 Å². The number of hydrogen-bond donors (Lipinski definition) is 0. The molecule has 0 saturated heterocycles. The summed E-state index contributed by atoms with van der Waals surface area (Å²) in [5, 5.41) is 9.06. The highest BCUT2D eigenvalue weighted by molar-refractivity contribution is 5.88. The Morgan fingerprint density at radius 3 is 2.46 bits per heavy atom. The molecule has 1 aliphatic heterocycles. The predicted molar refractivity (Wildman–Crippen MR) is 49.4 cm³/mol. The van der Waals surface area contributed by atoms with E-state index < -0.39 is 0 Å². The monoisotopic (exact) mass is 178 g/mol. The number of nitrogens with zero attached hydrogens (tertiary/aromatic N) is 2. The van der Waals surface area contributed by atoms with Crippen LogP contribution in [0.2, 0.25) is 0 Å². The van der Waals surface area contributed by atoms with Crippen molar-refractivity contribution >= 4 is 5.90 Å². The summed E-state index contributed by atoms with van der Waals surface area (Å²) in [5.74, 6) is 0.686. The van der Waals surface area contributed by atoms with Crippen molar-refractivity contribution in [1.29, 1.82) is 5.26 Å². The van der Waals surface area contributed by atoms with E-state index >= 15 is 0 Å². The molecule has 1 saturated carbocycles. The lowest BCUT2D eigenvalue weighted by atomic mass is 9.70. The Labute approximate surface area is 78.4 Å². The molecule has 0 amide bonds. The van der Waals surface area contributed by atoms with Gasteiger partial charge in [0.05, 0.1) is 11.6 Å². The molecule has 0 aromatic carbocycles. The lowest BCUT2D eigenvalue weighted by Crippen LogP contribution is -2.36. The summed E-state index contributed by atoms with van der Waals surface area (Å²) in [6.07, 6.45) is 2.95. The van der Waals surface area contributed by atoms with Crippen LogP contribution >= 0.6 is 0 Å². The normalized spacial score (nSPS) is 28.2. The predicted octanol–water partition coefficient (Wildman–Crippen LogP) is 1.89. The van der Waals surface area contributed by atoms with Gasteiger partial charge in [0.15, 0.2) is 0 Å². The first-order chi connectivity index (χ1) is 6.08. The lowest BCUT2D eigenvalue weighted by Gasteiger charge is -2.33. The second-order valence-corrected chi connectivity index (χ2v) is 4.57. The molecule has 0 spiro atoms. The SMILES string of the molecule is CC1(C)COC(C2(C#N)CCC2)=N1. The van der Waals surface area contributed by atoms with Gasteiger partial charge in [0.25, 0.3) is 0 Å². The molecule has 0 bridgehead atoms. The van der Waals surface area contributed by atoms with Crippen molar-refractivity contribution < 1.29 is 4.74 Å². The molecule has 0 atom stereocenters. The van der Waals surface area contributed by atoms with Crippen LogP contribution in [0.15, 0.2) is 4.99 Å². The Kier molecular flexibility index (Phi) is 1.63. The number of hydrogen-bond acceptors (Lipinski definition) is 3. The molecule has 1 heterocycles. The highest BCUT2D eigenvalue weighted by Crippen LogP contribution is 2.44. The van der Waals surface area contributed by atoms with Gasteiger partial charge in [-0.05, 0) is 33.1 Å².